The zero-order chi connectivity index (χ0) is 8.04. The van der Waals surface area contributed by atoms with E-state index in [1.807, 2.05) is 0 Å². The van der Waals surface area contributed by atoms with E-state index in [2.05, 4.69) is 38.3 Å². The molecule has 0 atom stereocenters. The van der Waals surface area contributed by atoms with Crippen LogP contribution in [-0.2, 0) is 0 Å². The zero-order valence-corrected chi connectivity index (χ0v) is 7.62. The van der Waals surface area contributed by atoms with Crippen molar-refractivity contribution < 1.29 is 0 Å². The Labute approximate surface area is 64.4 Å². The molecule has 0 bridgehead atoms. The monoisotopic (exact) mass is 144 g/mol. The molecule has 0 amide bonds. The second-order valence-corrected chi connectivity index (χ2v) is 3.19. The van der Waals surface area contributed by atoms with E-state index in [0.717, 1.165) is 13.1 Å². The van der Waals surface area contributed by atoms with Crippen molar-refractivity contribution in [1.82, 2.24) is 10.6 Å². The molecule has 0 saturated carbocycles. The van der Waals surface area contributed by atoms with Crippen LogP contribution in [0.1, 0.15) is 34.1 Å². The highest BCUT2D eigenvalue weighted by molar-refractivity contribution is 4.80. The maximum Gasteiger partial charge on any atom is 0.0630 e. The fourth-order valence-electron chi connectivity index (χ4n) is 0.812. The molecule has 10 heavy (non-hydrogen) atoms. The van der Waals surface area contributed by atoms with Gasteiger partial charge in [-0.3, -0.25) is 10.6 Å². The van der Waals surface area contributed by atoms with Crippen LogP contribution in [0.25, 0.3) is 0 Å². The molecule has 1 aliphatic rings. The lowest BCUT2D eigenvalue weighted by Gasteiger charge is -2.16. The molecule has 0 unspecified atom stereocenters. The van der Waals surface area contributed by atoms with E-state index in [-0.39, 0.29) is 5.66 Å². The van der Waals surface area contributed by atoms with E-state index >= 15 is 0 Å². The van der Waals surface area contributed by atoms with Gasteiger partial charge in [0.1, 0.15) is 0 Å². The summed E-state index contributed by atoms with van der Waals surface area (Å²) in [6, 6.07) is 0. The first-order chi connectivity index (χ1) is 4.62. The SMILES string of the molecule is CC1(C)NCCN1.CCC. The fraction of sp³-hybridized carbons (Fsp3) is 1.00. The summed E-state index contributed by atoms with van der Waals surface area (Å²) in [6.45, 7) is 10.7. The van der Waals surface area contributed by atoms with Gasteiger partial charge in [-0.1, -0.05) is 20.3 Å². The smallest absolute Gasteiger partial charge is 0.0630 e. The summed E-state index contributed by atoms with van der Waals surface area (Å²) in [7, 11) is 0. The van der Waals surface area contributed by atoms with Gasteiger partial charge < -0.3 is 0 Å². The largest absolute Gasteiger partial charge is 0.299 e. The molecule has 2 heteroatoms. The maximum atomic E-state index is 3.28. The topological polar surface area (TPSA) is 24.1 Å². The van der Waals surface area contributed by atoms with E-state index in [0.29, 0.717) is 0 Å². The second-order valence-electron chi connectivity index (χ2n) is 3.19. The van der Waals surface area contributed by atoms with Gasteiger partial charge in [-0.2, -0.15) is 0 Å². The summed E-state index contributed by atoms with van der Waals surface area (Å²) >= 11 is 0. The summed E-state index contributed by atoms with van der Waals surface area (Å²) in [5, 5.41) is 6.57. The van der Waals surface area contributed by atoms with Gasteiger partial charge in [-0.15, -0.1) is 0 Å². The Morgan fingerprint density at radius 1 is 1.10 bits per heavy atom. The van der Waals surface area contributed by atoms with Crippen LogP contribution in [0.4, 0.5) is 0 Å². The van der Waals surface area contributed by atoms with E-state index in [9.17, 15) is 0 Å². The summed E-state index contributed by atoms with van der Waals surface area (Å²) in [6.07, 6.45) is 1.25. The third-order valence-electron chi connectivity index (χ3n) is 1.26. The average Bonchev–Trinajstić information content (AvgIpc) is 2.16. The molecule has 1 aliphatic heterocycles. The Morgan fingerprint density at radius 3 is 1.50 bits per heavy atom. The molecule has 1 rings (SSSR count). The fourth-order valence-corrected chi connectivity index (χ4v) is 0.812. The highest BCUT2D eigenvalue weighted by atomic mass is 15.2. The van der Waals surface area contributed by atoms with Crippen LogP contribution in [0.2, 0.25) is 0 Å². The van der Waals surface area contributed by atoms with Crippen LogP contribution < -0.4 is 10.6 Å². The summed E-state index contributed by atoms with van der Waals surface area (Å²) in [5.74, 6) is 0. The predicted molar refractivity (Wildman–Crippen MR) is 46.0 cm³/mol. The van der Waals surface area contributed by atoms with Crippen molar-refractivity contribution in [1.29, 1.82) is 0 Å². The number of hydrogen-bond acceptors (Lipinski definition) is 2. The molecular formula is C8H20N2. The normalized spacial score (nSPS) is 21.6. The standard InChI is InChI=1S/C5H12N2.C3H8/c1-5(2)6-3-4-7-5;1-3-2/h6-7H,3-4H2,1-2H3;3H2,1-2H3. The van der Waals surface area contributed by atoms with E-state index in [1.165, 1.54) is 6.42 Å². The Bertz CT molecular complexity index is 71.3. The van der Waals surface area contributed by atoms with Gasteiger partial charge in [0.2, 0.25) is 0 Å². The summed E-state index contributed by atoms with van der Waals surface area (Å²) < 4.78 is 0. The minimum atomic E-state index is 0.194. The van der Waals surface area contributed by atoms with Crippen molar-refractivity contribution >= 4 is 0 Å². The van der Waals surface area contributed by atoms with Crippen LogP contribution in [0.5, 0.6) is 0 Å². The van der Waals surface area contributed by atoms with Gasteiger partial charge in [-0.05, 0) is 13.8 Å². The van der Waals surface area contributed by atoms with Gasteiger partial charge in [0.05, 0.1) is 5.66 Å². The highest BCUT2D eigenvalue weighted by Crippen LogP contribution is 1.98. The first-order valence-electron chi connectivity index (χ1n) is 4.12. The van der Waals surface area contributed by atoms with Crippen molar-refractivity contribution in [2.45, 2.75) is 39.8 Å². The number of nitrogens with one attached hydrogen (secondary N) is 2. The third-order valence-corrected chi connectivity index (χ3v) is 1.26. The van der Waals surface area contributed by atoms with Gasteiger partial charge >= 0.3 is 0 Å². The first kappa shape index (κ1) is 9.92. The molecule has 0 aromatic heterocycles. The van der Waals surface area contributed by atoms with Crippen molar-refractivity contribution in [3.8, 4) is 0 Å². The summed E-state index contributed by atoms with van der Waals surface area (Å²) in [4.78, 5) is 0. The molecule has 0 aliphatic carbocycles. The second kappa shape index (κ2) is 4.69. The number of hydrogen-bond donors (Lipinski definition) is 2. The molecular weight excluding hydrogens is 124 g/mol. The van der Waals surface area contributed by atoms with Crippen LogP contribution in [0, 0.1) is 0 Å². The minimum absolute atomic E-state index is 0.194. The van der Waals surface area contributed by atoms with Gasteiger partial charge in [0.25, 0.3) is 0 Å². The molecule has 0 radical (unpaired) electrons. The van der Waals surface area contributed by atoms with Crippen molar-refractivity contribution in [2.75, 3.05) is 13.1 Å². The molecule has 0 aromatic rings. The lowest BCUT2D eigenvalue weighted by atomic mass is 10.3. The summed E-state index contributed by atoms with van der Waals surface area (Å²) in [5.41, 5.74) is 0.194. The van der Waals surface area contributed by atoms with E-state index in [1.54, 1.807) is 0 Å². The maximum absolute atomic E-state index is 3.28. The third kappa shape index (κ3) is 4.77. The van der Waals surface area contributed by atoms with Crippen molar-refractivity contribution in [2.24, 2.45) is 0 Å². The molecule has 1 heterocycles. The van der Waals surface area contributed by atoms with E-state index in [4.69, 9.17) is 0 Å². The molecule has 2 nitrogen and oxygen atoms in total. The van der Waals surface area contributed by atoms with E-state index < -0.39 is 0 Å². The van der Waals surface area contributed by atoms with Crippen LogP contribution in [-0.4, -0.2) is 18.8 Å². The molecule has 1 saturated heterocycles. The van der Waals surface area contributed by atoms with Crippen molar-refractivity contribution in [3.05, 3.63) is 0 Å². The van der Waals surface area contributed by atoms with Gasteiger partial charge in [0, 0.05) is 13.1 Å². The molecule has 1 fully saturated rings. The highest BCUT2D eigenvalue weighted by Gasteiger charge is 2.19. The van der Waals surface area contributed by atoms with Crippen LogP contribution in [0.15, 0.2) is 0 Å². The lowest BCUT2D eigenvalue weighted by molar-refractivity contribution is 0.411. The van der Waals surface area contributed by atoms with Crippen molar-refractivity contribution in [3.63, 3.8) is 0 Å². The minimum Gasteiger partial charge on any atom is -0.299 e. The molecule has 62 valence electrons. The quantitative estimate of drug-likeness (QED) is 0.536. The number of rotatable bonds is 0. The predicted octanol–water partition coefficient (Wildman–Crippen LogP) is 1.33. The van der Waals surface area contributed by atoms with Gasteiger partial charge in [-0.25, -0.2) is 0 Å². The van der Waals surface area contributed by atoms with Crippen LogP contribution >= 0.6 is 0 Å². The molecule has 0 aromatic carbocycles. The Hall–Kier alpha value is -0.0800. The Balaban J connectivity index is 0.000000236. The first-order valence-corrected chi connectivity index (χ1v) is 4.12. The van der Waals surface area contributed by atoms with Gasteiger partial charge in [0.15, 0.2) is 0 Å². The molecule has 0 spiro atoms. The zero-order valence-electron chi connectivity index (χ0n) is 7.62. The Kier molecular flexibility index (Phi) is 4.65. The Morgan fingerprint density at radius 2 is 1.40 bits per heavy atom. The average molecular weight is 144 g/mol. The molecule has 2 N–H and O–H groups in total. The lowest BCUT2D eigenvalue weighted by Crippen LogP contribution is -2.42. The van der Waals surface area contributed by atoms with Crippen LogP contribution in [0.3, 0.4) is 0 Å².